The third-order valence-corrected chi connectivity index (χ3v) is 3.96. The van der Waals surface area contributed by atoms with Gasteiger partial charge in [0.25, 0.3) is 5.91 Å². The Labute approximate surface area is 108 Å². The number of piperidine rings is 1. The Morgan fingerprint density at radius 1 is 1.50 bits per heavy atom. The van der Waals surface area contributed by atoms with Crippen molar-refractivity contribution in [2.75, 3.05) is 19.6 Å². The quantitative estimate of drug-likeness (QED) is 0.863. The predicted octanol–water partition coefficient (Wildman–Crippen LogP) is 1.59. The molecule has 0 spiro atoms. The molecule has 2 N–H and O–H groups in total. The summed E-state index contributed by atoms with van der Waals surface area (Å²) in [5.74, 6) is 0.0483. The van der Waals surface area contributed by atoms with E-state index in [9.17, 15) is 4.79 Å². The highest BCUT2D eigenvalue weighted by Crippen LogP contribution is 2.30. The zero-order valence-corrected chi connectivity index (χ0v) is 11.1. The van der Waals surface area contributed by atoms with Gasteiger partial charge in [-0.25, -0.2) is 0 Å². The van der Waals surface area contributed by atoms with E-state index in [1.165, 1.54) is 0 Å². The van der Waals surface area contributed by atoms with Gasteiger partial charge in [-0.05, 0) is 43.4 Å². The van der Waals surface area contributed by atoms with Crippen molar-refractivity contribution < 1.29 is 4.79 Å². The number of hydrogen-bond acceptors (Lipinski definition) is 3. The zero-order valence-electron chi connectivity index (χ0n) is 11.1. The molecule has 2 heterocycles. The minimum absolute atomic E-state index is 0.0483. The van der Waals surface area contributed by atoms with Crippen LogP contribution in [-0.4, -0.2) is 35.4 Å². The van der Waals surface area contributed by atoms with E-state index in [0.717, 1.165) is 31.5 Å². The number of carbonyl (C=O) groups excluding carboxylic acids is 1. The van der Waals surface area contributed by atoms with Gasteiger partial charge < -0.3 is 10.6 Å². The Kier molecular flexibility index (Phi) is 3.66. The Hall–Kier alpha value is -1.42. The van der Waals surface area contributed by atoms with Crippen LogP contribution in [0.4, 0.5) is 0 Å². The van der Waals surface area contributed by atoms with Crippen LogP contribution in [0.3, 0.4) is 0 Å². The van der Waals surface area contributed by atoms with E-state index in [2.05, 4.69) is 11.9 Å². The number of rotatable bonds is 2. The van der Waals surface area contributed by atoms with Crippen molar-refractivity contribution in [1.82, 2.24) is 9.88 Å². The van der Waals surface area contributed by atoms with Crippen LogP contribution in [0.2, 0.25) is 0 Å². The van der Waals surface area contributed by atoms with Gasteiger partial charge in [0.05, 0.1) is 0 Å². The van der Waals surface area contributed by atoms with Gasteiger partial charge in [-0.3, -0.25) is 9.78 Å². The van der Waals surface area contributed by atoms with E-state index < -0.39 is 0 Å². The maximum atomic E-state index is 12.4. The SMILES string of the molecule is Cc1cccnc1C(=O)N1CCC(C)(CN)CC1. The molecule has 1 aliphatic heterocycles. The molecule has 0 aromatic carbocycles. The molecule has 18 heavy (non-hydrogen) atoms. The number of amides is 1. The first-order valence-electron chi connectivity index (χ1n) is 6.47. The lowest BCUT2D eigenvalue weighted by molar-refractivity contribution is 0.0611. The second-order valence-electron chi connectivity index (χ2n) is 5.48. The van der Waals surface area contributed by atoms with Crippen LogP contribution in [0.15, 0.2) is 18.3 Å². The Morgan fingerprint density at radius 3 is 2.72 bits per heavy atom. The highest BCUT2D eigenvalue weighted by atomic mass is 16.2. The fourth-order valence-electron chi connectivity index (χ4n) is 2.31. The number of pyridine rings is 1. The van der Waals surface area contributed by atoms with Crippen LogP contribution in [0, 0.1) is 12.3 Å². The number of aromatic nitrogens is 1. The summed E-state index contributed by atoms with van der Waals surface area (Å²) >= 11 is 0. The average Bonchev–Trinajstić information content (AvgIpc) is 2.39. The summed E-state index contributed by atoms with van der Waals surface area (Å²) in [5, 5.41) is 0. The fraction of sp³-hybridized carbons (Fsp3) is 0.571. The normalized spacial score (nSPS) is 18.7. The van der Waals surface area contributed by atoms with Gasteiger partial charge in [-0.1, -0.05) is 13.0 Å². The van der Waals surface area contributed by atoms with Crippen molar-refractivity contribution in [2.45, 2.75) is 26.7 Å². The lowest BCUT2D eigenvalue weighted by Gasteiger charge is -2.38. The molecule has 0 saturated carbocycles. The monoisotopic (exact) mass is 247 g/mol. The number of aryl methyl sites for hydroxylation is 1. The van der Waals surface area contributed by atoms with E-state index in [-0.39, 0.29) is 11.3 Å². The minimum Gasteiger partial charge on any atom is -0.337 e. The lowest BCUT2D eigenvalue weighted by Crippen LogP contribution is -2.45. The van der Waals surface area contributed by atoms with Crippen molar-refractivity contribution in [1.29, 1.82) is 0 Å². The van der Waals surface area contributed by atoms with E-state index in [4.69, 9.17) is 5.73 Å². The largest absolute Gasteiger partial charge is 0.337 e. The molecule has 98 valence electrons. The van der Waals surface area contributed by atoms with E-state index in [0.29, 0.717) is 12.2 Å². The fourth-order valence-corrected chi connectivity index (χ4v) is 2.31. The molecule has 1 aromatic heterocycles. The average molecular weight is 247 g/mol. The van der Waals surface area contributed by atoms with Crippen LogP contribution in [0.5, 0.6) is 0 Å². The third-order valence-electron chi connectivity index (χ3n) is 3.96. The molecule has 0 unspecified atom stereocenters. The zero-order chi connectivity index (χ0) is 13.2. The van der Waals surface area contributed by atoms with Gasteiger partial charge in [0, 0.05) is 19.3 Å². The summed E-state index contributed by atoms with van der Waals surface area (Å²) < 4.78 is 0. The maximum absolute atomic E-state index is 12.4. The molecule has 1 aromatic rings. The summed E-state index contributed by atoms with van der Waals surface area (Å²) in [6, 6.07) is 3.78. The molecule has 1 fully saturated rings. The van der Waals surface area contributed by atoms with Gasteiger partial charge in [-0.15, -0.1) is 0 Å². The molecule has 0 aliphatic carbocycles. The van der Waals surface area contributed by atoms with Crippen molar-refractivity contribution in [3.8, 4) is 0 Å². The molecule has 4 nitrogen and oxygen atoms in total. The Balaban J connectivity index is 2.07. The van der Waals surface area contributed by atoms with Crippen LogP contribution in [-0.2, 0) is 0 Å². The molecule has 1 aliphatic rings. The van der Waals surface area contributed by atoms with E-state index in [1.807, 2.05) is 24.0 Å². The van der Waals surface area contributed by atoms with Gasteiger partial charge in [0.1, 0.15) is 5.69 Å². The molecule has 4 heteroatoms. The van der Waals surface area contributed by atoms with Gasteiger partial charge in [0.2, 0.25) is 0 Å². The third kappa shape index (κ3) is 2.53. The van der Waals surface area contributed by atoms with Crippen LogP contribution < -0.4 is 5.73 Å². The molecule has 1 amide bonds. The van der Waals surface area contributed by atoms with Crippen LogP contribution in [0.1, 0.15) is 35.8 Å². The Morgan fingerprint density at radius 2 is 2.17 bits per heavy atom. The highest BCUT2D eigenvalue weighted by Gasteiger charge is 2.31. The van der Waals surface area contributed by atoms with E-state index >= 15 is 0 Å². The van der Waals surface area contributed by atoms with Crippen molar-refractivity contribution in [3.63, 3.8) is 0 Å². The topological polar surface area (TPSA) is 59.2 Å². The Bertz CT molecular complexity index is 436. The maximum Gasteiger partial charge on any atom is 0.272 e. The second-order valence-corrected chi connectivity index (χ2v) is 5.48. The predicted molar refractivity (Wildman–Crippen MR) is 71.3 cm³/mol. The molecule has 0 radical (unpaired) electrons. The highest BCUT2D eigenvalue weighted by molar-refractivity contribution is 5.93. The molecule has 0 atom stereocenters. The van der Waals surface area contributed by atoms with Gasteiger partial charge >= 0.3 is 0 Å². The first-order valence-corrected chi connectivity index (χ1v) is 6.47. The molecule has 0 bridgehead atoms. The molecular weight excluding hydrogens is 226 g/mol. The van der Waals surface area contributed by atoms with Gasteiger partial charge in [0.15, 0.2) is 0 Å². The number of nitrogens with two attached hydrogens (primary N) is 1. The number of likely N-dealkylation sites (tertiary alicyclic amines) is 1. The van der Waals surface area contributed by atoms with E-state index in [1.54, 1.807) is 6.20 Å². The molecular formula is C14H21N3O. The summed E-state index contributed by atoms with van der Waals surface area (Å²) in [7, 11) is 0. The van der Waals surface area contributed by atoms with Crippen molar-refractivity contribution >= 4 is 5.91 Å². The van der Waals surface area contributed by atoms with Crippen LogP contribution in [0.25, 0.3) is 0 Å². The van der Waals surface area contributed by atoms with Crippen LogP contribution >= 0.6 is 0 Å². The van der Waals surface area contributed by atoms with Crippen molar-refractivity contribution in [2.24, 2.45) is 11.1 Å². The summed E-state index contributed by atoms with van der Waals surface area (Å²) in [4.78, 5) is 18.4. The lowest BCUT2D eigenvalue weighted by atomic mass is 9.80. The smallest absolute Gasteiger partial charge is 0.272 e. The van der Waals surface area contributed by atoms with Gasteiger partial charge in [-0.2, -0.15) is 0 Å². The first-order chi connectivity index (χ1) is 8.56. The number of nitrogens with zero attached hydrogens (tertiary/aromatic N) is 2. The molecule has 2 rings (SSSR count). The summed E-state index contributed by atoms with van der Waals surface area (Å²) in [6.07, 6.45) is 3.62. The number of carbonyl (C=O) groups is 1. The number of hydrogen-bond donors (Lipinski definition) is 1. The first kappa shape index (κ1) is 13.0. The molecule has 1 saturated heterocycles. The standard InChI is InChI=1S/C14H21N3O/c1-11-4-3-7-16-12(11)13(18)17-8-5-14(2,10-15)6-9-17/h3-4,7H,5-6,8-10,15H2,1-2H3. The summed E-state index contributed by atoms with van der Waals surface area (Å²) in [5.41, 5.74) is 7.49. The minimum atomic E-state index is 0.0483. The summed E-state index contributed by atoms with van der Waals surface area (Å²) in [6.45, 7) is 6.37. The van der Waals surface area contributed by atoms with Crippen molar-refractivity contribution in [3.05, 3.63) is 29.6 Å². The second kappa shape index (κ2) is 5.06.